The number of aliphatic hydroxyl groups excluding tert-OH is 1. The number of unbranched alkanes of at least 4 members (excludes halogenated alkanes) is 2. The van der Waals surface area contributed by atoms with Gasteiger partial charge in [-0.3, -0.25) is 19.3 Å². The van der Waals surface area contributed by atoms with Gasteiger partial charge in [0.25, 0.3) is 0 Å². The number of carbonyl (C=O) groups excluding carboxylic acids is 2. The molecule has 3 atom stereocenters. The van der Waals surface area contributed by atoms with Crippen molar-refractivity contribution in [1.29, 1.82) is 0 Å². The molecule has 0 bridgehead atoms. The summed E-state index contributed by atoms with van der Waals surface area (Å²) in [6.45, 7) is 9.94. The van der Waals surface area contributed by atoms with Gasteiger partial charge < -0.3 is 34.4 Å². The largest absolute Gasteiger partial charge is 0.481 e. The molecule has 0 unspecified atom stereocenters. The lowest BCUT2D eigenvalue weighted by molar-refractivity contribution is -0.144. The zero-order valence-electron chi connectivity index (χ0n) is 27.2. The molecule has 2 fully saturated rings. The van der Waals surface area contributed by atoms with E-state index in [-0.39, 0.29) is 37.2 Å². The Kier molecular flexibility index (Phi) is 11.5. The molecular formula is C33H52N4O7. The van der Waals surface area contributed by atoms with Crippen LogP contribution in [0.25, 0.3) is 0 Å². The van der Waals surface area contributed by atoms with Crippen molar-refractivity contribution in [2.75, 3.05) is 66.7 Å². The second-order valence-electron chi connectivity index (χ2n) is 13.7. The van der Waals surface area contributed by atoms with Gasteiger partial charge >= 0.3 is 5.97 Å². The molecule has 2 N–H and O–H groups in total. The zero-order valence-corrected chi connectivity index (χ0v) is 27.2. The molecule has 0 saturated carbocycles. The van der Waals surface area contributed by atoms with Gasteiger partial charge in [0.2, 0.25) is 18.6 Å². The highest BCUT2D eigenvalue weighted by molar-refractivity contribution is 5.80. The molecule has 2 amide bonds. The summed E-state index contributed by atoms with van der Waals surface area (Å²) in [5.41, 5.74) is 1.19. The summed E-state index contributed by atoms with van der Waals surface area (Å²) in [7, 11) is 4.09. The smallest absolute Gasteiger partial charge is 0.308 e. The van der Waals surface area contributed by atoms with Gasteiger partial charge in [-0.1, -0.05) is 27.2 Å². The maximum Gasteiger partial charge on any atom is 0.308 e. The fourth-order valence-electron chi connectivity index (χ4n) is 7.02. The number of amides is 2. The van der Waals surface area contributed by atoms with Crippen LogP contribution in [0, 0.1) is 11.3 Å². The van der Waals surface area contributed by atoms with Gasteiger partial charge in [-0.2, -0.15) is 0 Å². The van der Waals surface area contributed by atoms with Crippen molar-refractivity contribution < 1.29 is 34.1 Å². The average Bonchev–Trinajstić information content (AvgIpc) is 3.65. The number of aliphatic carboxylic acids is 1. The van der Waals surface area contributed by atoms with Crippen molar-refractivity contribution in [1.82, 2.24) is 19.6 Å². The fraction of sp³-hybridized carbons (Fsp3) is 0.727. The Labute approximate surface area is 262 Å². The molecule has 3 aliphatic heterocycles. The molecule has 0 radical (unpaired) electrons. The van der Waals surface area contributed by atoms with Crippen LogP contribution in [-0.4, -0.2) is 120 Å². The van der Waals surface area contributed by atoms with E-state index >= 15 is 0 Å². The third-order valence-corrected chi connectivity index (χ3v) is 9.26. The van der Waals surface area contributed by atoms with Gasteiger partial charge in [0, 0.05) is 56.7 Å². The summed E-state index contributed by atoms with van der Waals surface area (Å²) in [5.74, 6) is -1.08. The highest BCUT2D eigenvalue weighted by Crippen LogP contribution is 2.45. The van der Waals surface area contributed by atoms with Gasteiger partial charge in [-0.25, -0.2) is 0 Å². The predicted octanol–water partition coefficient (Wildman–Crippen LogP) is 3.00. The van der Waals surface area contributed by atoms with E-state index in [4.69, 9.17) is 9.47 Å². The Hall–Kier alpha value is -2.89. The third-order valence-electron chi connectivity index (χ3n) is 9.26. The first-order valence-electron chi connectivity index (χ1n) is 16.1. The molecule has 3 aliphatic rings. The number of hydrogen-bond acceptors (Lipinski definition) is 8. The minimum Gasteiger partial charge on any atom is -0.481 e. The highest BCUT2D eigenvalue weighted by atomic mass is 16.7. The normalized spacial score (nSPS) is 22.8. The molecular weight excluding hydrogens is 564 g/mol. The monoisotopic (exact) mass is 616 g/mol. The van der Waals surface area contributed by atoms with Crippen LogP contribution >= 0.6 is 0 Å². The van der Waals surface area contributed by atoms with E-state index in [0.717, 1.165) is 37.8 Å². The van der Waals surface area contributed by atoms with Crippen LogP contribution in [0.3, 0.4) is 0 Å². The predicted molar refractivity (Wildman–Crippen MR) is 167 cm³/mol. The summed E-state index contributed by atoms with van der Waals surface area (Å²) >= 11 is 0. The minimum absolute atomic E-state index is 0.0122. The minimum atomic E-state index is -0.933. The van der Waals surface area contributed by atoms with Crippen LogP contribution in [-0.2, 0) is 21.0 Å². The van der Waals surface area contributed by atoms with Crippen LogP contribution in [0.2, 0.25) is 0 Å². The fourth-order valence-corrected chi connectivity index (χ4v) is 7.02. The third kappa shape index (κ3) is 8.22. The van der Waals surface area contributed by atoms with Crippen LogP contribution < -0.4 is 9.47 Å². The SMILES string of the molecule is CCCCN(CCCCN(C)C)C(=O)CN1C[C@H](c2cc(CO)c3c(c2)OCO3)[C@@H](C(=O)O)[C@@H]1CCN1CC(C)(C)CC1=O. The zero-order chi connectivity index (χ0) is 32.0. The number of carboxylic acids is 1. The summed E-state index contributed by atoms with van der Waals surface area (Å²) < 4.78 is 11.2. The number of hydrogen-bond donors (Lipinski definition) is 2. The molecule has 3 heterocycles. The van der Waals surface area contributed by atoms with E-state index in [1.165, 1.54) is 0 Å². The van der Waals surface area contributed by atoms with Gasteiger partial charge in [0.05, 0.1) is 19.1 Å². The molecule has 4 rings (SSSR count). The van der Waals surface area contributed by atoms with Crippen molar-refractivity contribution in [2.24, 2.45) is 11.3 Å². The van der Waals surface area contributed by atoms with Crippen molar-refractivity contribution in [3.05, 3.63) is 23.3 Å². The topological polar surface area (TPSA) is 123 Å². The van der Waals surface area contributed by atoms with E-state index in [1.807, 2.05) is 34.9 Å². The molecule has 1 aromatic rings. The van der Waals surface area contributed by atoms with E-state index < -0.39 is 23.8 Å². The molecule has 11 heteroatoms. The molecule has 2 saturated heterocycles. The number of likely N-dealkylation sites (tertiary alicyclic amines) is 2. The van der Waals surface area contributed by atoms with Crippen LogP contribution in [0.15, 0.2) is 12.1 Å². The van der Waals surface area contributed by atoms with Gasteiger partial charge in [-0.05, 0) is 69.4 Å². The molecule has 11 nitrogen and oxygen atoms in total. The lowest BCUT2D eigenvalue weighted by Crippen LogP contribution is -2.46. The summed E-state index contributed by atoms with van der Waals surface area (Å²) in [4.78, 5) is 47.5. The number of ether oxygens (including phenoxy) is 2. The van der Waals surface area contributed by atoms with Crippen molar-refractivity contribution in [2.45, 2.75) is 77.9 Å². The maximum atomic E-state index is 13.8. The summed E-state index contributed by atoms with van der Waals surface area (Å²) in [6, 6.07) is 3.18. The number of nitrogens with zero attached hydrogens (tertiary/aromatic N) is 4. The van der Waals surface area contributed by atoms with E-state index in [0.29, 0.717) is 62.6 Å². The second kappa shape index (κ2) is 14.9. The number of carboxylic acid groups (broad SMARTS) is 1. The Morgan fingerprint density at radius 1 is 1.09 bits per heavy atom. The van der Waals surface area contributed by atoms with Gasteiger partial charge in [-0.15, -0.1) is 0 Å². The van der Waals surface area contributed by atoms with E-state index in [9.17, 15) is 24.6 Å². The van der Waals surface area contributed by atoms with Crippen LogP contribution in [0.1, 0.15) is 76.3 Å². The Morgan fingerprint density at radius 2 is 1.82 bits per heavy atom. The van der Waals surface area contributed by atoms with E-state index in [1.54, 1.807) is 6.07 Å². The van der Waals surface area contributed by atoms with Gasteiger partial charge in [0.1, 0.15) is 0 Å². The lowest BCUT2D eigenvalue weighted by Gasteiger charge is -2.31. The van der Waals surface area contributed by atoms with Crippen molar-refractivity contribution >= 4 is 17.8 Å². The van der Waals surface area contributed by atoms with Crippen LogP contribution in [0.5, 0.6) is 11.5 Å². The lowest BCUT2D eigenvalue weighted by atomic mass is 9.83. The van der Waals surface area contributed by atoms with Crippen molar-refractivity contribution in [3.63, 3.8) is 0 Å². The second-order valence-corrected chi connectivity index (χ2v) is 13.7. The quantitative estimate of drug-likeness (QED) is 0.270. The number of rotatable bonds is 16. The first-order valence-corrected chi connectivity index (χ1v) is 16.1. The molecule has 1 aromatic carbocycles. The summed E-state index contributed by atoms with van der Waals surface area (Å²) in [6.07, 6.45) is 4.73. The Bertz CT molecular complexity index is 1170. The van der Waals surface area contributed by atoms with Crippen LogP contribution in [0.4, 0.5) is 0 Å². The molecule has 44 heavy (non-hydrogen) atoms. The Balaban J connectivity index is 1.59. The number of carbonyl (C=O) groups is 3. The number of fused-ring (bicyclic) bond motifs is 1. The number of benzene rings is 1. The number of aliphatic hydroxyl groups is 1. The van der Waals surface area contributed by atoms with Gasteiger partial charge in [0.15, 0.2) is 11.5 Å². The molecule has 246 valence electrons. The summed E-state index contributed by atoms with van der Waals surface area (Å²) in [5, 5.41) is 20.7. The first-order chi connectivity index (χ1) is 20.9. The maximum absolute atomic E-state index is 13.8. The standard InChI is InChI=1S/C33H52N4O7/c1-6-7-12-35(13-9-8-11-34(4)5)29(40)19-37-18-25(23-15-24(20-38)31-27(16-23)43-22-44-31)30(32(41)42)26(37)10-14-36-21-33(2,3)17-28(36)39/h15-16,25-26,30,38H,6-14,17-22H2,1-5H3,(H,41,42)/t25-,26+,30-/m1/s1. The average molecular weight is 617 g/mol. The highest BCUT2D eigenvalue weighted by Gasteiger charge is 2.48. The molecule has 0 aromatic heterocycles. The molecule has 0 aliphatic carbocycles. The Morgan fingerprint density at radius 3 is 2.45 bits per heavy atom. The van der Waals surface area contributed by atoms with E-state index in [2.05, 4.69) is 25.7 Å². The first kappa shape index (κ1) is 34.0. The molecule has 0 spiro atoms. The van der Waals surface area contributed by atoms with Crippen molar-refractivity contribution in [3.8, 4) is 11.5 Å².